The van der Waals surface area contributed by atoms with E-state index in [1.54, 1.807) is 6.07 Å². The predicted octanol–water partition coefficient (Wildman–Crippen LogP) is 2.79. The molecule has 1 aliphatic heterocycles. The lowest BCUT2D eigenvalue weighted by atomic mass is 10.1. The summed E-state index contributed by atoms with van der Waals surface area (Å²) in [5.41, 5.74) is 1.43. The molecule has 2 nitrogen and oxygen atoms in total. The highest BCUT2D eigenvalue weighted by molar-refractivity contribution is 6.17. The van der Waals surface area contributed by atoms with E-state index in [1.165, 1.54) is 6.07 Å². The summed E-state index contributed by atoms with van der Waals surface area (Å²) in [6, 6.07) is 5.27. The second-order valence-corrected chi connectivity index (χ2v) is 4.28. The highest BCUT2D eigenvalue weighted by Crippen LogP contribution is 2.28. The van der Waals surface area contributed by atoms with Crippen LogP contribution in [0.5, 0.6) is 0 Å². The van der Waals surface area contributed by atoms with Gasteiger partial charge in [0.1, 0.15) is 5.82 Å². The van der Waals surface area contributed by atoms with Gasteiger partial charge < -0.3 is 9.64 Å². The molecule has 0 amide bonds. The maximum atomic E-state index is 13.8. The zero-order valence-electron chi connectivity index (χ0n) is 9.25. The van der Waals surface area contributed by atoms with Crippen molar-refractivity contribution in [1.29, 1.82) is 0 Å². The van der Waals surface area contributed by atoms with Gasteiger partial charge in [0.15, 0.2) is 0 Å². The van der Waals surface area contributed by atoms with E-state index < -0.39 is 0 Å². The van der Waals surface area contributed by atoms with Crippen molar-refractivity contribution >= 4 is 17.3 Å². The molecule has 1 unspecified atom stereocenters. The van der Waals surface area contributed by atoms with Crippen molar-refractivity contribution in [1.82, 2.24) is 0 Å². The van der Waals surface area contributed by atoms with E-state index in [9.17, 15) is 4.39 Å². The van der Waals surface area contributed by atoms with Gasteiger partial charge >= 0.3 is 0 Å². The quantitative estimate of drug-likeness (QED) is 0.757. The Morgan fingerprint density at radius 2 is 2.38 bits per heavy atom. The first-order valence-electron chi connectivity index (χ1n) is 5.38. The lowest BCUT2D eigenvalue weighted by molar-refractivity contribution is 0.193. The summed E-state index contributed by atoms with van der Waals surface area (Å²) in [7, 11) is 1.90. The van der Waals surface area contributed by atoms with E-state index in [-0.39, 0.29) is 11.9 Å². The number of hydrogen-bond donors (Lipinski definition) is 0. The fourth-order valence-corrected chi connectivity index (χ4v) is 2.29. The molecule has 0 saturated carbocycles. The van der Waals surface area contributed by atoms with Crippen molar-refractivity contribution < 1.29 is 9.13 Å². The standard InChI is InChI=1S/C12H15ClFNO/c1-15(10-5-6-16-8-10)12-9(7-13)3-2-4-11(12)14/h2-4,10H,5-8H2,1H3. The van der Waals surface area contributed by atoms with Crippen molar-refractivity contribution in [3.63, 3.8) is 0 Å². The first-order chi connectivity index (χ1) is 7.74. The fraction of sp³-hybridized carbons (Fsp3) is 0.500. The van der Waals surface area contributed by atoms with Crippen LogP contribution in [-0.2, 0) is 10.6 Å². The van der Waals surface area contributed by atoms with Crippen LogP contribution in [-0.4, -0.2) is 26.3 Å². The molecule has 88 valence electrons. The molecule has 0 radical (unpaired) electrons. The molecule has 1 aromatic rings. The van der Waals surface area contributed by atoms with Gasteiger partial charge in [0, 0.05) is 19.5 Å². The number of para-hydroxylation sites is 1. The molecule has 1 fully saturated rings. The minimum atomic E-state index is -0.215. The monoisotopic (exact) mass is 243 g/mol. The third kappa shape index (κ3) is 2.15. The van der Waals surface area contributed by atoms with Gasteiger partial charge in [0.05, 0.1) is 18.3 Å². The van der Waals surface area contributed by atoms with E-state index >= 15 is 0 Å². The highest BCUT2D eigenvalue weighted by atomic mass is 35.5. The van der Waals surface area contributed by atoms with Crippen LogP contribution >= 0.6 is 11.6 Å². The number of anilines is 1. The Morgan fingerprint density at radius 1 is 1.56 bits per heavy atom. The summed E-state index contributed by atoms with van der Waals surface area (Å²) in [5, 5.41) is 0. The number of benzene rings is 1. The average Bonchev–Trinajstić information content (AvgIpc) is 2.81. The van der Waals surface area contributed by atoms with E-state index in [0.29, 0.717) is 18.2 Å². The van der Waals surface area contributed by atoms with Crippen LogP contribution in [0.2, 0.25) is 0 Å². The SMILES string of the molecule is CN(c1c(F)cccc1CCl)C1CCOC1. The molecule has 1 aliphatic rings. The number of alkyl halides is 1. The minimum absolute atomic E-state index is 0.215. The van der Waals surface area contributed by atoms with Crippen molar-refractivity contribution in [3.8, 4) is 0 Å². The van der Waals surface area contributed by atoms with Gasteiger partial charge in [-0.25, -0.2) is 4.39 Å². The average molecular weight is 244 g/mol. The smallest absolute Gasteiger partial charge is 0.146 e. The summed E-state index contributed by atoms with van der Waals surface area (Å²) < 4.78 is 19.1. The maximum absolute atomic E-state index is 13.8. The van der Waals surface area contributed by atoms with Gasteiger partial charge in [-0.2, -0.15) is 0 Å². The fourth-order valence-electron chi connectivity index (χ4n) is 2.07. The summed E-state index contributed by atoms with van der Waals surface area (Å²) >= 11 is 5.83. The second kappa shape index (κ2) is 5.02. The molecule has 0 spiro atoms. The predicted molar refractivity (Wildman–Crippen MR) is 63.6 cm³/mol. The lowest BCUT2D eigenvalue weighted by Crippen LogP contribution is -2.33. The molecule has 0 bridgehead atoms. The second-order valence-electron chi connectivity index (χ2n) is 4.01. The normalized spacial score (nSPS) is 20.1. The Balaban J connectivity index is 2.30. The van der Waals surface area contributed by atoms with Crippen LogP contribution in [0.3, 0.4) is 0 Å². The van der Waals surface area contributed by atoms with Gasteiger partial charge in [0.2, 0.25) is 0 Å². The van der Waals surface area contributed by atoms with Gasteiger partial charge in [0.25, 0.3) is 0 Å². The number of rotatable bonds is 3. The van der Waals surface area contributed by atoms with E-state index in [2.05, 4.69) is 0 Å². The molecule has 1 atom stereocenters. The summed E-state index contributed by atoms with van der Waals surface area (Å²) in [5.74, 6) is 0.109. The molecule has 0 N–H and O–H groups in total. The number of ether oxygens (including phenoxy) is 1. The largest absolute Gasteiger partial charge is 0.379 e. The molecule has 4 heteroatoms. The third-order valence-electron chi connectivity index (χ3n) is 3.02. The third-order valence-corrected chi connectivity index (χ3v) is 3.31. The maximum Gasteiger partial charge on any atom is 0.146 e. The Hall–Kier alpha value is -0.800. The Bertz CT molecular complexity index is 366. The van der Waals surface area contributed by atoms with E-state index in [0.717, 1.165) is 18.6 Å². The van der Waals surface area contributed by atoms with Crippen molar-refractivity contribution in [3.05, 3.63) is 29.6 Å². The molecule has 2 rings (SSSR count). The van der Waals surface area contributed by atoms with E-state index in [1.807, 2.05) is 18.0 Å². The molecule has 16 heavy (non-hydrogen) atoms. The van der Waals surface area contributed by atoms with Gasteiger partial charge in [-0.1, -0.05) is 12.1 Å². The summed E-state index contributed by atoms with van der Waals surface area (Å²) in [6.45, 7) is 1.41. The zero-order valence-corrected chi connectivity index (χ0v) is 10.0. The lowest BCUT2D eigenvalue weighted by Gasteiger charge is -2.27. The number of likely N-dealkylation sites (N-methyl/N-ethyl adjacent to an activating group) is 1. The van der Waals surface area contributed by atoms with Crippen molar-refractivity contribution in [2.45, 2.75) is 18.3 Å². The number of nitrogens with zero attached hydrogens (tertiary/aromatic N) is 1. The molecule has 1 aromatic carbocycles. The minimum Gasteiger partial charge on any atom is -0.379 e. The topological polar surface area (TPSA) is 12.5 Å². The molecular formula is C12H15ClFNO. The van der Waals surface area contributed by atoms with Crippen molar-refractivity contribution in [2.24, 2.45) is 0 Å². The van der Waals surface area contributed by atoms with Crippen LogP contribution in [0, 0.1) is 5.82 Å². The molecule has 1 heterocycles. The van der Waals surface area contributed by atoms with Crippen LogP contribution in [0.25, 0.3) is 0 Å². The highest BCUT2D eigenvalue weighted by Gasteiger charge is 2.24. The summed E-state index contributed by atoms with van der Waals surface area (Å²) in [4.78, 5) is 1.94. The molecule has 0 aliphatic carbocycles. The number of halogens is 2. The Kier molecular flexibility index (Phi) is 3.66. The van der Waals surface area contributed by atoms with Crippen molar-refractivity contribution in [2.75, 3.05) is 25.2 Å². The molecule has 1 saturated heterocycles. The molecular weight excluding hydrogens is 229 g/mol. The van der Waals surface area contributed by atoms with Gasteiger partial charge in [-0.05, 0) is 18.1 Å². The van der Waals surface area contributed by atoms with Gasteiger partial charge in [-0.3, -0.25) is 0 Å². The van der Waals surface area contributed by atoms with Crippen LogP contribution < -0.4 is 4.90 Å². The van der Waals surface area contributed by atoms with Crippen LogP contribution in [0.4, 0.5) is 10.1 Å². The van der Waals surface area contributed by atoms with Crippen LogP contribution in [0.1, 0.15) is 12.0 Å². The zero-order chi connectivity index (χ0) is 11.5. The Morgan fingerprint density at radius 3 is 3.00 bits per heavy atom. The van der Waals surface area contributed by atoms with E-state index in [4.69, 9.17) is 16.3 Å². The first kappa shape index (κ1) is 11.7. The number of hydrogen-bond acceptors (Lipinski definition) is 2. The summed E-state index contributed by atoms with van der Waals surface area (Å²) in [6.07, 6.45) is 0.937. The Labute approximate surface area is 100.0 Å². The first-order valence-corrected chi connectivity index (χ1v) is 5.91. The van der Waals surface area contributed by atoms with Crippen LogP contribution in [0.15, 0.2) is 18.2 Å². The molecule has 0 aromatic heterocycles. The van der Waals surface area contributed by atoms with Gasteiger partial charge in [-0.15, -0.1) is 11.6 Å².